The first-order valence-corrected chi connectivity index (χ1v) is 21.2. The van der Waals surface area contributed by atoms with Crippen LogP contribution in [0.2, 0.25) is 0 Å². The Morgan fingerprint density at radius 2 is 0.922 bits per heavy atom. The Kier molecular flexibility index (Phi) is 10.0. The highest BCUT2D eigenvalue weighted by Crippen LogP contribution is 2.59. The first kappa shape index (κ1) is 42.4. The van der Waals surface area contributed by atoms with Crippen molar-refractivity contribution in [2.75, 3.05) is 13.2 Å². The molecule has 0 saturated carbocycles. The van der Waals surface area contributed by atoms with Crippen LogP contribution in [0.5, 0.6) is 11.5 Å². The zero-order valence-electron chi connectivity index (χ0n) is 36.5. The summed E-state index contributed by atoms with van der Waals surface area (Å²) in [6.07, 6.45) is -3.22. The fraction of sp³-hybridized carbons (Fsp3) is 0.236. The molecule has 64 heavy (non-hydrogen) atoms. The number of carbonyl (C=O) groups is 2. The second-order valence-corrected chi connectivity index (χ2v) is 17.9. The molecule has 3 aliphatic carbocycles. The molecule has 0 fully saturated rings. The molecular weight excluding hydrogens is 814 g/mol. The molecular formula is C55H47F3O6. The standard InChI is InChI=1S/C55H47F3O6/c1-9-50(59)62-24-23-61-36-15-21-40-38-17-11-32(25-44(38)52(4,5)46(40)29-36)34-13-19-42-43-20-14-35(28-49(43)54(8,48(42)27-34)55(56,57)58)33-12-18-39-41-22-16-37(63-31(3)64-51(60)10-2)30-47(41)53(6,7)45(39)26-33/h9-22,25-31H,1-2,23-24H2,3-8H3. The Hall–Kier alpha value is -6.87. The van der Waals surface area contributed by atoms with Gasteiger partial charge in [0.1, 0.15) is 30.1 Å². The third kappa shape index (κ3) is 6.71. The molecule has 0 aliphatic heterocycles. The van der Waals surface area contributed by atoms with Crippen molar-refractivity contribution < 1.29 is 41.7 Å². The van der Waals surface area contributed by atoms with E-state index in [0.29, 0.717) is 33.8 Å². The van der Waals surface area contributed by atoms with Crippen molar-refractivity contribution >= 4 is 11.9 Å². The monoisotopic (exact) mass is 860 g/mol. The van der Waals surface area contributed by atoms with Gasteiger partial charge in [0.15, 0.2) is 0 Å². The molecule has 0 amide bonds. The van der Waals surface area contributed by atoms with E-state index in [0.717, 1.165) is 67.8 Å². The summed E-state index contributed by atoms with van der Waals surface area (Å²) in [5.41, 5.74) is 9.93. The number of hydrogen-bond donors (Lipinski definition) is 0. The molecule has 0 N–H and O–H groups in total. The van der Waals surface area contributed by atoms with E-state index in [1.54, 1.807) is 19.1 Å². The van der Waals surface area contributed by atoms with Crippen molar-refractivity contribution in [3.63, 3.8) is 0 Å². The van der Waals surface area contributed by atoms with Gasteiger partial charge in [-0.1, -0.05) is 102 Å². The van der Waals surface area contributed by atoms with Crippen LogP contribution in [-0.4, -0.2) is 37.6 Å². The summed E-state index contributed by atoms with van der Waals surface area (Å²) < 4.78 is 69.3. The molecule has 2 atom stereocenters. The van der Waals surface area contributed by atoms with Crippen LogP contribution in [0.1, 0.15) is 74.9 Å². The number of hydrogen-bond acceptors (Lipinski definition) is 6. The van der Waals surface area contributed by atoms with Gasteiger partial charge in [-0.2, -0.15) is 13.2 Å². The van der Waals surface area contributed by atoms with Gasteiger partial charge in [0, 0.05) is 29.9 Å². The number of alkyl halides is 3. The fourth-order valence-corrected chi connectivity index (χ4v) is 9.94. The SMILES string of the molecule is C=CC(=O)OCCOc1ccc2c(c1)C(C)(C)c1cc(-c3ccc4c(c3)C(C)(C(F)(F)F)c3cc(-c5ccc6c(c5)C(C)(C)c5cc(OC(C)OC(=O)C=C)ccc5-6)ccc3-4)ccc1-2. The molecule has 2 unspecified atom stereocenters. The number of fused-ring (bicyclic) bond motifs is 9. The molecule has 0 bridgehead atoms. The maximum atomic E-state index is 15.7. The highest BCUT2D eigenvalue weighted by molar-refractivity contribution is 5.90. The van der Waals surface area contributed by atoms with E-state index >= 15 is 13.2 Å². The van der Waals surface area contributed by atoms with E-state index < -0.39 is 40.6 Å². The predicted octanol–water partition coefficient (Wildman–Crippen LogP) is 13.0. The lowest BCUT2D eigenvalue weighted by Crippen LogP contribution is -2.38. The first-order chi connectivity index (χ1) is 30.4. The van der Waals surface area contributed by atoms with Crippen LogP contribution < -0.4 is 9.47 Å². The van der Waals surface area contributed by atoms with Crippen molar-refractivity contribution in [1.82, 2.24) is 0 Å². The summed E-state index contributed by atoms with van der Waals surface area (Å²) in [5.74, 6) is 0.106. The molecule has 6 aromatic rings. The normalized spacial score (nSPS) is 17.1. The van der Waals surface area contributed by atoms with Crippen molar-refractivity contribution in [2.24, 2.45) is 0 Å². The lowest BCUT2D eigenvalue weighted by molar-refractivity contribution is -0.172. The largest absolute Gasteiger partial charge is 0.490 e. The van der Waals surface area contributed by atoms with Crippen LogP contribution in [0.15, 0.2) is 135 Å². The van der Waals surface area contributed by atoms with E-state index in [2.05, 4.69) is 59.1 Å². The maximum Gasteiger partial charge on any atom is 0.402 e. The average molecular weight is 861 g/mol. The number of carbonyl (C=O) groups excluding carboxylic acids is 2. The molecule has 9 heteroatoms. The van der Waals surface area contributed by atoms with Crippen molar-refractivity contribution in [3.8, 4) is 67.1 Å². The Labute approximate surface area is 371 Å². The topological polar surface area (TPSA) is 71.1 Å². The molecule has 9 rings (SSSR count). The molecule has 6 nitrogen and oxygen atoms in total. The van der Waals surface area contributed by atoms with Gasteiger partial charge in [-0.15, -0.1) is 0 Å². The lowest BCUT2D eigenvalue weighted by atomic mass is 9.77. The second-order valence-electron chi connectivity index (χ2n) is 17.9. The van der Waals surface area contributed by atoms with Crippen molar-refractivity contribution in [2.45, 2.75) is 70.3 Å². The summed E-state index contributed by atoms with van der Waals surface area (Å²) in [6.45, 7) is 18.6. The quantitative estimate of drug-likeness (QED) is 0.0559. The lowest BCUT2D eigenvalue weighted by Gasteiger charge is -2.30. The van der Waals surface area contributed by atoms with Crippen LogP contribution in [0.4, 0.5) is 13.2 Å². The Morgan fingerprint density at radius 1 is 0.547 bits per heavy atom. The zero-order chi connectivity index (χ0) is 45.5. The van der Waals surface area contributed by atoms with Crippen LogP contribution in [0.25, 0.3) is 55.6 Å². The summed E-state index contributed by atoms with van der Waals surface area (Å²) >= 11 is 0. The second kappa shape index (κ2) is 15.1. The Morgan fingerprint density at radius 3 is 1.36 bits per heavy atom. The van der Waals surface area contributed by atoms with Gasteiger partial charge in [-0.3, -0.25) is 0 Å². The minimum Gasteiger partial charge on any atom is -0.490 e. The van der Waals surface area contributed by atoms with E-state index in [4.69, 9.17) is 18.9 Å². The van der Waals surface area contributed by atoms with E-state index in [-0.39, 0.29) is 24.3 Å². The number of rotatable bonds is 11. The summed E-state index contributed by atoms with van der Waals surface area (Å²) in [7, 11) is 0. The molecule has 324 valence electrons. The number of benzene rings is 6. The highest BCUT2D eigenvalue weighted by Gasteiger charge is 2.58. The van der Waals surface area contributed by atoms with Gasteiger partial charge < -0.3 is 18.9 Å². The van der Waals surface area contributed by atoms with Gasteiger partial charge in [0.25, 0.3) is 0 Å². The van der Waals surface area contributed by atoms with Crippen LogP contribution in [0, 0.1) is 0 Å². The number of esters is 2. The zero-order valence-corrected chi connectivity index (χ0v) is 36.5. The first-order valence-electron chi connectivity index (χ1n) is 21.2. The molecule has 0 radical (unpaired) electrons. The third-order valence-electron chi connectivity index (χ3n) is 13.4. The molecule has 3 aliphatic rings. The molecule has 0 saturated heterocycles. The van der Waals surface area contributed by atoms with E-state index in [9.17, 15) is 9.59 Å². The van der Waals surface area contributed by atoms with Crippen LogP contribution in [0.3, 0.4) is 0 Å². The van der Waals surface area contributed by atoms with Crippen molar-refractivity contribution in [3.05, 3.63) is 168 Å². The van der Waals surface area contributed by atoms with Gasteiger partial charge in [-0.05, 0) is 144 Å². The van der Waals surface area contributed by atoms with E-state index in [1.165, 1.54) is 6.92 Å². The number of ether oxygens (including phenoxy) is 4. The minimum atomic E-state index is -4.60. The van der Waals surface area contributed by atoms with Gasteiger partial charge in [-0.25, -0.2) is 9.59 Å². The molecule has 0 aromatic heterocycles. The highest BCUT2D eigenvalue weighted by atomic mass is 19.4. The summed E-state index contributed by atoms with van der Waals surface area (Å²) in [4.78, 5) is 23.1. The third-order valence-corrected chi connectivity index (χ3v) is 13.4. The fourth-order valence-electron chi connectivity index (χ4n) is 9.94. The number of halogens is 3. The average Bonchev–Trinajstić information content (AvgIpc) is 3.77. The summed E-state index contributed by atoms with van der Waals surface area (Å²) in [6, 6.07) is 34.9. The van der Waals surface area contributed by atoms with Gasteiger partial charge in [0.2, 0.25) is 6.29 Å². The van der Waals surface area contributed by atoms with Crippen LogP contribution in [-0.2, 0) is 35.3 Å². The minimum absolute atomic E-state index is 0.0944. The Balaban J connectivity index is 1.01. The van der Waals surface area contributed by atoms with Crippen LogP contribution >= 0.6 is 0 Å². The molecule has 6 aromatic carbocycles. The molecule has 0 heterocycles. The maximum absolute atomic E-state index is 15.7. The summed E-state index contributed by atoms with van der Waals surface area (Å²) in [5, 5.41) is 0. The predicted molar refractivity (Wildman–Crippen MR) is 243 cm³/mol. The van der Waals surface area contributed by atoms with Gasteiger partial charge >= 0.3 is 18.1 Å². The van der Waals surface area contributed by atoms with Crippen molar-refractivity contribution in [1.29, 1.82) is 0 Å². The Bertz CT molecular complexity index is 2960. The van der Waals surface area contributed by atoms with Gasteiger partial charge in [0.05, 0.1) is 0 Å². The smallest absolute Gasteiger partial charge is 0.402 e. The van der Waals surface area contributed by atoms with E-state index in [1.807, 2.05) is 78.9 Å². The molecule has 0 spiro atoms.